The van der Waals surface area contributed by atoms with Crippen molar-refractivity contribution in [2.45, 2.75) is 19.8 Å². The number of thiophene rings is 1. The van der Waals surface area contributed by atoms with Crippen LogP contribution < -0.4 is 5.32 Å². The first kappa shape index (κ1) is 15.4. The second kappa shape index (κ2) is 6.70. The lowest BCUT2D eigenvalue weighted by atomic mass is 10.2. The molecule has 0 bridgehead atoms. The maximum atomic E-state index is 13.0. The molecule has 0 atom stereocenters. The van der Waals surface area contributed by atoms with Crippen molar-refractivity contribution in [1.29, 1.82) is 0 Å². The first-order valence-corrected chi connectivity index (χ1v) is 7.97. The minimum absolute atomic E-state index is 0.185. The normalized spacial score (nSPS) is 10.7. The Morgan fingerprint density at radius 3 is 2.96 bits per heavy atom. The van der Waals surface area contributed by atoms with E-state index in [0.29, 0.717) is 29.5 Å². The number of halogens is 1. The predicted molar refractivity (Wildman–Crippen MR) is 85.7 cm³/mol. The molecule has 1 aromatic carbocycles. The van der Waals surface area contributed by atoms with E-state index in [1.165, 1.54) is 12.1 Å². The molecule has 0 aliphatic heterocycles. The summed E-state index contributed by atoms with van der Waals surface area (Å²) in [5, 5.41) is 14.5. The second-order valence-corrected chi connectivity index (χ2v) is 5.80. The first-order valence-electron chi connectivity index (χ1n) is 7.03. The highest BCUT2D eigenvalue weighted by atomic mass is 32.1. The van der Waals surface area contributed by atoms with E-state index in [4.69, 9.17) is 4.42 Å². The van der Waals surface area contributed by atoms with E-state index < -0.39 is 0 Å². The van der Waals surface area contributed by atoms with Crippen LogP contribution in [0.4, 0.5) is 10.1 Å². The number of nitrogens with zero attached hydrogens (tertiary/aromatic N) is 2. The van der Waals surface area contributed by atoms with Crippen molar-refractivity contribution in [3.05, 3.63) is 52.3 Å². The summed E-state index contributed by atoms with van der Waals surface area (Å²) in [5.41, 5.74) is 2.15. The molecule has 2 aromatic heterocycles. The zero-order valence-corrected chi connectivity index (χ0v) is 13.2. The van der Waals surface area contributed by atoms with Crippen molar-refractivity contribution >= 4 is 22.9 Å². The van der Waals surface area contributed by atoms with Crippen molar-refractivity contribution in [2.24, 2.45) is 0 Å². The van der Waals surface area contributed by atoms with E-state index >= 15 is 0 Å². The van der Waals surface area contributed by atoms with Gasteiger partial charge in [0.1, 0.15) is 5.82 Å². The van der Waals surface area contributed by atoms with Crippen LogP contribution in [0.3, 0.4) is 0 Å². The fourth-order valence-electron chi connectivity index (χ4n) is 2.06. The average molecular weight is 331 g/mol. The number of carbonyl (C=O) groups is 1. The van der Waals surface area contributed by atoms with Crippen LogP contribution in [0.5, 0.6) is 0 Å². The molecule has 3 rings (SSSR count). The standard InChI is InChI=1S/C16H14FN3O2S/c1-10-8-12(17)2-3-13(10)18-14(21)4-5-15-19-20-16(22-15)11-6-7-23-9-11/h2-3,6-9H,4-5H2,1H3,(H,18,21). The zero-order valence-electron chi connectivity index (χ0n) is 12.4. The molecule has 23 heavy (non-hydrogen) atoms. The lowest BCUT2D eigenvalue weighted by molar-refractivity contribution is -0.116. The Kier molecular flexibility index (Phi) is 4.47. The lowest BCUT2D eigenvalue weighted by Gasteiger charge is -2.07. The van der Waals surface area contributed by atoms with Crippen LogP contribution in [-0.2, 0) is 11.2 Å². The average Bonchev–Trinajstić information content (AvgIpc) is 3.18. The van der Waals surface area contributed by atoms with Crippen molar-refractivity contribution in [1.82, 2.24) is 10.2 Å². The highest BCUT2D eigenvalue weighted by Gasteiger charge is 2.11. The van der Waals surface area contributed by atoms with Crippen molar-refractivity contribution in [3.8, 4) is 11.5 Å². The smallest absolute Gasteiger partial charge is 0.248 e. The van der Waals surface area contributed by atoms with E-state index in [1.54, 1.807) is 24.3 Å². The number of hydrogen-bond donors (Lipinski definition) is 1. The molecule has 0 spiro atoms. The summed E-state index contributed by atoms with van der Waals surface area (Å²) in [6.45, 7) is 1.74. The van der Waals surface area contributed by atoms with Gasteiger partial charge in [-0.2, -0.15) is 11.3 Å². The molecule has 3 aromatic rings. The third-order valence-electron chi connectivity index (χ3n) is 3.26. The third kappa shape index (κ3) is 3.81. The zero-order chi connectivity index (χ0) is 16.2. The molecule has 0 unspecified atom stereocenters. The van der Waals surface area contributed by atoms with Gasteiger partial charge in [0.2, 0.25) is 17.7 Å². The Morgan fingerprint density at radius 2 is 2.22 bits per heavy atom. The van der Waals surface area contributed by atoms with Crippen LogP contribution in [0.15, 0.2) is 39.4 Å². The van der Waals surface area contributed by atoms with Crippen LogP contribution in [-0.4, -0.2) is 16.1 Å². The molecule has 0 aliphatic rings. The van der Waals surface area contributed by atoms with E-state index in [1.807, 2.05) is 16.8 Å². The van der Waals surface area contributed by atoms with Gasteiger partial charge in [0.25, 0.3) is 0 Å². The van der Waals surface area contributed by atoms with Gasteiger partial charge in [-0.1, -0.05) is 0 Å². The minimum Gasteiger partial charge on any atom is -0.421 e. The Hall–Kier alpha value is -2.54. The first-order chi connectivity index (χ1) is 11.1. The van der Waals surface area contributed by atoms with Crippen LogP contribution in [0.1, 0.15) is 17.9 Å². The van der Waals surface area contributed by atoms with E-state index in [2.05, 4.69) is 15.5 Å². The number of hydrogen-bond acceptors (Lipinski definition) is 5. The van der Waals surface area contributed by atoms with Crippen LogP contribution in [0.25, 0.3) is 11.5 Å². The number of carbonyl (C=O) groups excluding carboxylic acids is 1. The molecule has 0 radical (unpaired) electrons. The number of amides is 1. The Labute approximate surface area is 136 Å². The summed E-state index contributed by atoms with van der Waals surface area (Å²) in [6, 6.07) is 6.13. The van der Waals surface area contributed by atoms with Gasteiger partial charge in [-0.25, -0.2) is 4.39 Å². The summed E-state index contributed by atoms with van der Waals surface area (Å²) in [6.07, 6.45) is 0.561. The molecule has 0 saturated carbocycles. The van der Waals surface area contributed by atoms with Crippen molar-refractivity contribution < 1.29 is 13.6 Å². The largest absolute Gasteiger partial charge is 0.421 e. The summed E-state index contributed by atoms with van der Waals surface area (Å²) >= 11 is 1.55. The van der Waals surface area contributed by atoms with Crippen LogP contribution >= 0.6 is 11.3 Å². The number of aromatic nitrogens is 2. The van der Waals surface area contributed by atoms with E-state index in [9.17, 15) is 9.18 Å². The topological polar surface area (TPSA) is 68.0 Å². The van der Waals surface area contributed by atoms with Gasteiger partial charge in [-0.15, -0.1) is 10.2 Å². The fraction of sp³-hybridized carbons (Fsp3) is 0.188. The monoisotopic (exact) mass is 331 g/mol. The van der Waals surface area contributed by atoms with Gasteiger partial charge >= 0.3 is 0 Å². The van der Waals surface area contributed by atoms with Crippen molar-refractivity contribution in [2.75, 3.05) is 5.32 Å². The molecule has 0 aliphatic carbocycles. The van der Waals surface area contributed by atoms with E-state index in [-0.39, 0.29) is 18.1 Å². The second-order valence-electron chi connectivity index (χ2n) is 5.02. The molecule has 0 saturated heterocycles. The third-order valence-corrected chi connectivity index (χ3v) is 3.95. The van der Waals surface area contributed by atoms with Crippen molar-refractivity contribution in [3.63, 3.8) is 0 Å². The highest BCUT2D eigenvalue weighted by Crippen LogP contribution is 2.21. The fourth-order valence-corrected chi connectivity index (χ4v) is 2.69. The molecule has 1 amide bonds. The molecular formula is C16H14FN3O2S. The van der Waals surface area contributed by atoms with Gasteiger partial charge in [0.05, 0.1) is 0 Å². The molecule has 7 heteroatoms. The summed E-state index contributed by atoms with van der Waals surface area (Å²) in [4.78, 5) is 12.0. The van der Waals surface area contributed by atoms with Crippen LogP contribution in [0.2, 0.25) is 0 Å². The molecule has 2 heterocycles. The van der Waals surface area contributed by atoms with Gasteiger partial charge in [-0.05, 0) is 42.1 Å². The van der Waals surface area contributed by atoms with Gasteiger partial charge in [-0.3, -0.25) is 4.79 Å². The number of anilines is 1. The highest BCUT2D eigenvalue weighted by molar-refractivity contribution is 7.08. The predicted octanol–water partition coefficient (Wildman–Crippen LogP) is 3.82. The molecule has 118 valence electrons. The molecule has 1 N–H and O–H groups in total. The van der Waals surface area contributed by atoms with Gasteiger partial charge in [0, 0.05) is 29.5 Å². The molecule has 5 nitrogen and oxygen atoms in total. The quantitative estimate of drug-likeness (QED) is 0.772. The maximum Gasteiger partial charge on any atom is 0.248 e. The SMILES string of the molecule is Cc1cc(F)ccc1NC(=O)CCc1nnc(-c2ccsc2)o1. The number of rotatable bonds is 5. The number of nitrogens with one attached hydrogen (secondary N) is 1. The summed E-state index contributed by atoms with van der Waals surface area (Å²) in [7, 11) is 0. The van der Waals surface area contributed by atoms with Gasteiger partial charge < -0.3 is 9.73 Å². The summed E-state index contributed by atoms with van der Waals surface area (Å²) < 4.78 is 18.6. The van der Waals surface area contributed by atoms with E-state index in [0.717, 1.165) is 5.56 Å². The number of benzene rings is 1. The molecule has 0 fully saturated rings. The van der Waals surface area contributed by atoms with Gasteiger partial charge in [0.15, 0.2) is 0 Å². The lowest BCUT2D eigenvalue weighted by Crippen LogP contribution is -2.13. The van der Waals surface area contributed by atoms with Crippen LogP contribution in [0, 0.1) is 12.7 Å². The molecular weight excluding hydrogens is 317 g/mol. The summed E-state index contributed by atoms with van der Waals surface area (Å²) in [5.74, 6) is 0.357. The Bertz CT molecular complexity index is 815. The Morgan fingerprint density at radius 1 is 1.35 bits per heavy atom. The Balaban J connectivity index is 1.57. The number of aryl methyl sites for hydroxylation is 2. The minimum atomic E-state index is -0.327. The maximum absolute atomic E-state index is 13.0.